The SMILES string of the molecule is NC1CC(O)(c2ccccc2C(F)(F)F)c2ccccc21. The molecule has 3 N–H and O–H groups in total. The van der Waals surface area contributed by atoms with Crippen molar-refractivity contribution in [1.82, 2.24) is 0 Å². The van der Waals surface area contributed by atoms with Crippen molar-refractivity contribution in [2.75, 3.05) is 0 Å². The minimum atomic E-state index is -4.52. The van der Waals surface area contributed by atoms with Gasteiger partial charge in [-0.25, -0.2) is 0 Å². The summed E-state index contributed by atoms with van der Waals surface area (Å²) in [6.45, 7) is 0. The molecule has 110 valence electrons. The molecular weight excluding hydrogens is 279 g/mol. The van der Waals surface area contributed by atoms with Crippen LogP contribution in [0.1, 0.15) is 34.7 Å². The van der Waals surface area contributed by atoms with Crippen LogP contribution in [0.3, 0.4) is 0 Å². The Hall–Kier alpha value is -1.85. The molecule has 0 fully saturated rings. The minimum Gasteiger partial charge on any atom is -0.380 e. The van der Waals surface area contributed by atoms with Crippen molar-refractivity contribution in [2.24, 2.45) is 5.73 Å². The first-order chi connectivity index (χ1) is 9.84. The number of aliphatic hydroxyl groups is 1. The third-order valence-electron chi connectivity index (χ3n) is 4.00. The van der Waals surface area contributed by atoms with E-state index in [-0.39, 0.29) is 12.0 Å². The third kappa shape index (κ3) is 2.13. The van der Waals surface area contributed by atoms with Crippen LogP contribution in [0.15, 0.2) is 48.5 Å². The van der Waals surface area contributed by atoms with Crippen molar-refractivity contribution in [3.05, 3.63) is 70.8 Å². The van der Waals surface area contributed by atoms with E-state index >= 15 is 0 Å². The number of hydrogen-bond acceptors (Lipinski definition) is 2. The fourth-order valence-electron chi connectivity index (χ4n) is 3.08. The van der Waals surface area contributed by atoms with Crippen LogP contribution in [0.5, 0.6) is 0 Å². The standard InChI is InChI=1S/C16H14F3NO/c17-16(18,19)13-8-4-3-7-12(13)15(21)9-14(20)10-5-1-2-6-11(10)15/h1-8,14,21H,9,20H2. The van der Waals surface area contributed by atoms with E-state index in [1.54, 1.807) is 24.3 Å². The van der Waals surface area contributed by atoms with Crippen LogP contribution in [0.4, 0.5) is 13.2 Å². The lowest BCUT2D eigenvalue weighted by Crippen LogP contribution is -2.28. The van der Waals surface area contributed by atoms with Gasteiger partial charge in [0, 0.05) is 18.0 Å². The number of benzene rings is 2. The maximum absolute atomic E-state index is 13.2. The Labute approximate surface area is 120 Å². The second-order valence-electron chi connectivity index (χ2n) is 5.30. The van der Waals surface area contributed by atoms with Crippen LogP contribution in [0.2, 0.25) is 0 Å². The zero-order valence-electron chi connectivity index (χ0n) is 11.1. The van der Waals surface area contributed by atoms with Crippen LogP contribution in [-0.4, -0.2) is 5.11 Å². The summed E-state index contributed by atoms with van der Waals surface area (Å²) in [6.07, 6.45) is -4.48. The lowest BCUT2D eigenvalue weighted by molar-refractivity contribution is -0.140. The van der Waals surface area contributed by atoms with Crippen LogP contribution >= 0.6 is 0 Å². The second-order valence-corrected chi connectivity index (χ2v) is 5.30. The molecule has 2 aromatic rings. The van der Waals surface area contributed by atoms with E-state index in [2.05, 4.69) is 0 Å². The average Bonchev–Trinajstić information content (AvgIpc) is 2.72. The molecule has 2 unspecified atom stereocenters. The Morgan fingerprint density at radius 1 is 1.00 bits per heavy atom. The molecule has 1 aliphatic carbocycles. The van der Waals surface area contributed by atoms with Gasteiger partial charge in [-0.3, -0.25) is 0 Å². The molecule has 0 spiro atoms. The molecule has 0 aliphatic heterocycles. The average molecular weight is 293 g/mol. The van der Waals surface area contributed by atoms with Gasteiger partial charge in [-0.2, -0.15) is 13.2 Å². The molecule has 0 heterocycles. The second kappa shape index (κ2) is 4.58. The van der Waals surface area contributed by atoms with Gasteiger partial charge in [0.2, 0.25) is 0 Å². The quantitative estimate of drug-likeness (QED) is 0.847. The van der Waals surface area contributed by atoms with Gasteiger partial charge >= 0.3 is 6.18 Å². The number of hydrogen-bond donors (Lipinski definition) is 2. The molecule has 5 heteroatoms. The number of halogens is 3. The topological polar surface area (TPSA) is 46.2 Å². The van der Waals surface area contributed by atoms with Crippen molar-refractivity contribution < 1.29 is 18.3 Å². The summed E-state index contributed by atoms with van der Waals surface area (Å²) in [5.74, 6) is 0. The first kappa shape index (κ1) is 14.1. The van der Waals surface area contributed by atoms with Gasteiger partial charge in [0.15, 0.2) is 0 Å². The van der Waals surface area contributed by atoms with Crippen molar-refractivity contribution in [1.29, 1.82) is 0 Å². The molecule has 0 bridgehead atoms. The fraction of sp³-hybridized carbons (Fsp3) is 0.250. The first-order valence-corrected chi connectivity index (χ1v) is 6.58. The zero-order chi connectivity index (χ0) is 15.3. The summed E-state index contributed by atoms with van der Waals surface area (Å²) in [5, 5.41) is 10.9. The Morgan fingerprint density at radius 3 is 2.24 bits per heavy atom. The highest BCUT2D eigenvalue weighted by Gasteiger charge is 2.47. The Balaban J connectivity index is 2.23. The monoisotopic (exact) mass is 293 g/mol. The van der Waals surface area contributed by atoms with E-state index in [1.165, 1.54) is 18.2 Å². The van der Waals surface area contributed by atoms with Gasteiger partial charge < -0.3 is 10.8 Å². The van der Waals surface area contributed by atoms with E-state index < -0.39 is 23.4 Å². The van der Waals surface area contributed by atoms with Crippen molar-refractivity contribution in [2.45, 2.75) is 24.2 Å². The van der Waals surface area contributed by atoms with Crippen LogP contribution in [0.25, 0.3) is 0 Å². The van der Waals surface area contributed by atoms with Gasteiger partial charge in [0.1, 0.15) is 5.60 Å². The molecule has 2 nitrogen and oxygen atoms in total. The van der Waals surface area contributed by atoms with Crippen LogP contribution in [-0.2, 0) is 11.8 Å². The lowest BCUT2D eigenvalue weighted by atomic mass is 9.84. The molecule has 0 amide bonds. The van der Waals surface area contributed by atoms with Crippen molar-refractivity contribution in [3.63, 3.8) is 0 Å². The van der Waals surface area contributed by atoms with Gasteiger partial charge in [-0.1, -0.05) is 42.5 Å². The number of alkyl halides is 3. The molecule has 1 aliphatic rings. The highest BCUT2D eigenvalue weighted by Crippen LogP contribution is 2.49. The van der Waals surface area contributed by atoms with Crippen molar-refractivity contribution >= 4 is 0 Å². The van der Waals surface area contributed by atoms with Crippen molar-refractivity contribution in [3.8, 4) is 0 Å². The van der Waals surface area contributed by atoms with E-state index in [0.717, 1.165) is 6.07 Å². The maximum atomic E-state index is 13.2. The molecule has 21 heavy (non-hydrogen) atoms. The summed E-state index contributed by atoms with van der Waals surface area (Å²) in [5.41, 5.74) is 4.45. The summed E-state index contributed by atoms with van der Waals surface area (Å²) < 4.78 is 39.6. The molecule has 2 aromatic carbocycles. The predicted octanol–water partition coefficient (Wildman–Crippen LogP) is 3.34. The van der Waals surface area contributed by atoms with E-state index in [1.807, 2.05) is 0 Å². The predicted molar refractivity (Wildman–Crippen MR) is 72.4 cm³/mol. The Bertz CT molecular complexity index is 683. The van der Waals surface area contributed by atoms with Gasteiger partial charge in [-0.05, 0) is 17.2 Å². The smallest absolute Gasteiger partial charge is 0.380 e. The van der Waals surface area contributed by atoms with Gasteiger partial charge in [-0.15, -0.1) is 0 Å². The van der Waals surface area contributed by atoms with E-state index in [4.69, 9.17) is 5.73 Å². The summed E-state index contributed by atoms with van der Waals surface area (Å²) in [7, 11) is 0. The lowest BCUT2D eigenvalue weighted by Gasteiger charge is -2.28. The van der Waals surface area contributed by atoms with E-state index in [0.29, 0.717) is 11.1 Å². The number of nitrogens with two attached hydrogens (primary N) is 1. The van der Waals surface area contributed by atoms with Gasteiger partial charge in [0.05, 0.1) is 5.56 Å². The fourth-order valence-corrected chi connectivity index (χ4v) is 3.08. The molecule has 0 saturated carbocycles. The first-order valence-electron chi connectivity index (χ1n) is 6.58. The number of fused-ring (bicyclic) bond motifs is 1. The summed E-state index contributed by atoms with van der Waals surface area (Å²) >= 11 is 0. The molecule has 0 aromatic heterocycles. The molecule has 0 saturated heterocycles. The highest BCUT2D eigenvalue weighted by atomic mass is 19.4. The summed E-state index contributed by atoms with van der Waals surface area (Å²) in [4.78, 5) is 0. The highest BCUT2D eigenvalue weighted by molar-refractivity contribution is 5.50. The summed E-state index contributed by atoms with van der Waals surface area (Å²) in [6, 6.07) is 11.5. The van der Waals surface area contributed by atoms with Crippen LogP contribution in [0, 0.1) is 0 Å². The van der Waals surface area contributed by atoms with E-state index in [9.17, 15) is 18.3 Å². The Morgan fingerprint density at radius 2 is 1.57 bits per heavy atom. The minimum absolute atomic E-state index is 0.0411. The molecule has 3 rings (SSSR count). The zero-order valence-corrected chi connectivity index (χ0v) is 11.1. The maximum Gasteiger partial charge on any atom is 0.416 e. The third-order valence-corrected chi connectivity index (χ3v) is 4.00. The largest absolute Gasteiger partial charge is 0.416 e. The molecule has 0 radical (unpaired) electrons. The normalized spacial score (nSPS) is 24.9. The molecule has 2 atom stereocenters. The number of rotatable bonds is 1. The Kier molecular flexibility index (Phi) is 3.07. The van der Waals surface area contributed by atoms with Crippen LogP contribution < -0.4 is 5.73 Å². The molecular formula is C16H14F3NO. The van der Waals surface area contributed by atoms with Gasteiger partial charge in [0.25, 0.3) is 0 Å².